The highest BCUT2D eigenvalue weighted by Gasteiger charge is 2.62. The van der Waals surface area contributed by atoms with E-state index in [1.165, 1.54) is 0 Å². The van der Waals surface area contributed by atoms with Gasteiger partial charge in [0.25, 0.3) is 0 Å². The number of hydrogen-bond donors (Lipinski definition) is 1. The monoisotopic (exact) mass is 635 g/mol. The Morgan fingerprint density at radius 2 is 1.76 bits per heavy atom. The molecule has 1 N–H and O–H groups in total. The number of carbonyl (C=O) groups excluding carboxylic acids is 1. The maximum atomic E-state index is 14.7. The molecule has 6 fully saturated rings. The molecular formula is C34H42FN5O4S. The lowest BCUT2D eigenvalue weighted by atomic mass is 9.53. The molecule has 2 heterocycles. The van der Waals surface area contributed by atoms with E-state index in [0.717, 1.165) is 73.3 Å². The van der Waals surface area contributed by atoms with Gasteiger partial charge in [0.1, 0.15) is 12.0 Å². The highest BCUT2D eigenvalue weighted by Crippen LogP contribution is 2.62. The molecule has 0 saturated heterocycles. The van der Waals surface area contributed by atoms with Crippen LogP contribution in [0.15, 0.2) is 47.1 Å². The average molecular weight is 636 g/mol. The molecule has 11 heteroatoms. The van der Waals surface area contributed by atoms with Crippen LogP contribution < -0.4 is 9.62 Å². The fraction of sp³-hybridized carbons (Fsp3) is 0.588. The first-order valence-corrected chi connectivity index (χ1v) is 17.9. The minimum atomic E-state index is -3.44. The number of pyridine rings is 1. The summed E-state index contributed by atoms with van der Waals surface area (Å²) in [4.78, 5) is 25.5. The van der Waals surface area contributed by atoms with Crippen molar-refractivity contribution in [3.8, 4) is 11.1 Å². The molecule has 6 aliphatic carbocycles. The minimum absolute atomic E-state index is 0.00260. The van der Waals surface area contributed by atoms with Gasteiger partial charge < -0.3 is 9.42 Å². The zero-order valence-corrected chi connectivity index (χ0v) is 27.3. The Bertz CT molecular complexity index is 1700. The topological polar surface area (TPSA) is 118 Å². The van der Waals surface area contributed by atoms with Gasteiger partial charge in [-0.25, -0.2) is 17.8 Å². The van der Waals surface area contributed by atoms with Crippen LogP contribution >= 0.6 is 0 Å². The standard InChI is InChI=1S/C34H42FN5O4S/c1-31(2,3)28-37-29(44-38-28)33-13-10-32(11-14-33,12-15-33)21-40(30(41)34-17-24(18-34)26(35)19-34)25-7-5-6-22(16-25)23-8-9-27(36-20-23)39-45(4,42)43/h5-9,16,20,24,26H,10-15,17-19,21H2,1-4H3,(H,36,39). The van der Waals surface area contributed by atoms with Crippen LogP contribution in [-0.2, 0) is 25.6 Å². The number of rotatable bonds is 8. The van der Waals surface area contributed by atoms with Crippen LogP contribution in [-0.4, -0.2) is 48.4 Å². The molecule has 0 aliphatic heterocycles. The number of hydrogen-bond acceptors (Lipinski definition) is 7. The number of benzene rings is 1. The Hall–Kier alpha value is -3.34. The molecule has 1 aromatic carbocycles. The first-order chi connectivity index (χ1) is 21.2. The number of halogens is 1. The zero-order valence-electron chi connectivity index (χ0n) is 26.5. The summed E-state index contributed by atoms with van der Waals surface area (Å²) in [6, 6.07) is 11.3. The van der Waals surface area contributed by atoms with E-state index in [9.17, 15) is 17.6 Å². The average Bonchev–Trinajstić information content (AvgIpc) is 3.70. The smallest absolute Gasteiger partial charge is 0.233 e. The quantitative estimate of drug-likeness (QED) is 0.298. The Morgan fingerprint density at radius 3 is 2.31 bits per heavy atom. The van der Waals surface area contributed by atoms with E-state index >= 15 is 0 Å². The summed E-state index contributed by atoms with van der Waals surface area (Å²) in [6.07, 6.45) is 9.11. The molecule has 6 saturated carbocycles. The lowest BCUT2D eigenvalue weighted by Crippen LogP contribution is -2.54. The Labute approximate surface area is 264 Å². The molecule has 45 heavy (non-hydrogen) atoms. The maximum Gasteiger partial charge on any atom is 0.233 e. The molecular weight excluding hydrogens is 593 g/mol. The number of nitrogens with zero attached hydrogens (tertiary/aromatic N) is 4. The second-order valence-electron chi connectivity index (χ2n) is 15.4. The Kier molecular flexibility index (Phi) is 6.96. The van der Waals surface area contributed by atoms with Gasteiger partial charge in [-0.1, -0.05) is 38.1 Å². The molecule has 1 atom stereocenters. The molecule has 9 rings (SSSR count). The van der Waals surface area contributed by atoms with Crippen molar-refractivity contribution in [1.82, 2.24) is 15.1 Å². The summed E-state index contributed by atoms with van der Waals surface area (Å²) < 4.78 is 46.2. The summed E-state index contributed by atoms with van der Waals surface area (Å²) >= 11 is 0. The summed E-state index contributed by atoms with van der Waals surface area (Å²) in [5, 5.41) is 4.31. The molecule has 3 aromatic rings. The van der Waals surface area contributed by atoms with Gasteiger partial charge in [-0.15, -0.1) is 0 Å². The highest BCUT2D eigenvalue weighted by atomic mass is 32.2. The molecule has 240 valence electrons. The Morgan fingerprint density at radius 1 is 1.04 bits per heavy atom. The van der Waals surface area contributed by atoms with E-state index in [0.29, 0.717) is 25.8 Å². The first kappa shape index (κ1) is 30.3. The van der Waals surface area contributed by atoms with Crippen molar-refractivity contribution in [3.63, 3.8) is 0 Å². The minimum Gasteiger partial charge on any atom is -0.339 e. The van der Waals surface area contributed by atoms with Crippen molar-refractivity contribution in [2.24, 2.45) is 16.7 Å². The van der Waals surface area contributed by atoms with Crippen molar-refractivity contribution in [2.45, 2.75) is 95.6 Å². The van der Waals surface area contributed by atoms with Gasteiger partial charge in [0.05, 0.1) is 11.7 Å². The van der Waals surface area contributed by atoms with Gasteiger partial charge >= 0.3 is 0 Å². The Balaban J connectivity index is 1.16. The maximum absolute atomic E-state index is 14.7. The van der Waals surface area contributed by atoms with Crippen LogP contribution in [0, 0.1) is 16.7 Å². The van der Waals surface area contributed by atoms with Crippen LogP contribution in [0.4, 0.5) is 15.9 Å². The lowest BCUT2D eigenvalue weighted by Gasteiger charge is -2.54. The van der Waals surface area contributed by atoms with E-state index in [-0.39, 0.29) is 33.9 Å². The van der Waals surface area contributed by atoms with Crippen molar-refractivity contribution in [2.75, 3.05) is 22.4 Å². The molecule has 9 nitrogen and oxygen atoms in total. The number of aromatic nitrogens is 3. The number of amides is 1. The molecule has 4 bridgehead atoms. The number of nitrogens with one attached hydrogen (secondary N) is 1. The number of fused-ring (bicyclic) bond motifs is 4. The van der Waals surface area contributed by atoms with Gasteiger partial charge in [0, 0.05) is 34.8 Å². The fourth-order valence-electron chi connectivity index (χ4n) is 8.30. The second kappa shape index (κ2) is 10.3. The predicted octanol–water partition coefficient (Wildman–Crippen LogP) is 6.56. The van der Waals surface area contributed by atoms with Crippen molar-refractivity contribution in [3.05, 3.63) is 54.3 Å². The fourth-order valence-corrected chi connectivity index (χ4v) is 8.80. The number of anilines is 2. The third kappa shape index (κ3) is 5.44. The van der Waals surface area contributed by atoms with Crippen molar-refractivity contribution >= 4 is 27.4 Å². The van der Waals surface area contributed by atoms with Gasteiger partial charge in [-0.05, 0) is 98.9 Å². The largest absolute Gasteiger partial charge is 0.339 e. The summed E-state index contributed by atoms with van der Waals surface area (Å²) in [6.45, 7) is 6.87. The second-order valence-corrected chi connectivity index (χ2v) is 17.1. The molecule has 0 spiro atoms. The SMILES string of the molecule is CC(C)(C)c1noc(C23CCC(CN(C(=O)C45CC(F)C(C4)C5)c4cccc(-c5ccc(NS(C)(=O)=O)nc5)c4)(CC2)CC3)n1. The number of carbonyl (C=O) groups is 1. The summed E-state index contributed by atoms with van der Waals surface area (Å²) in [5.74, 6) is 1.79. The van der Waals surface area contributed by atoms with E-state index in [2.05, 4.69) is 35.6 Å². The molecule has 0 radical (unpaired) electrons. The zero-order chi connectivity index (χ0) is 31.8. The van der Waals surface area contributed by atoms with E-state index in [1.54, 1.807) is 12.3 Å². The predicted molar refractivity (Wildman–Crippen MR) is 170 cm³/mol. The molecule has 1 amide bonds. The van der Waals surface area contributed by atoms with Crippen LogP contribution in [0.1, 0.15) is 90.3 Å². The van der Waals surface area contributed by atoms with Crippen LogP contribution in [0.5, 0.6) is 0 Å². The van der Waals surface area contributed by atoms with Gasteiger partial charge in [0.2, 0.25) is 21.8 Å². The molecule has 2 aromatic heterocycles. The van der Waals surface area contributed by atoms with Crippen LogP contribution in [0.3, 0.4) is 0 Å². The highest BCUT2D eigenvalue weighted by molar-refractivity contribution is 7.92. The van der Waals surface area contributed by atoms with Gasteiger partial charge in [-0.2, -0.15) is 4.98 Å². The number of alkyl halides is 1. The summed E-state index contributed by atoms with van der Waals surface area (Å²) in [5.41, 5.74) is 1.56. The number of sulfonamides is 1. The van der Waals surface area contributed by atoms with Gasteiger partial charge in [-0.3, -0.25) is 9.52 Å². The first-order valence-electron chi connectivity index (χ1n) is 16.0. The summed E-state index contributed by atoms with van der Waals surface area (Å²) in [7, 11) is -3.44. The van der Waals surface area contributed by atoms with Crippen LogP contribution in [0.25, 0.3) is 11.1 Å². The lowest BCUT2D eigenvalue weighted by molar-refractivity contribution is -0.132. The van der Waals surface area contributed by atoms with E-state index < -0.39 is 21.6 Å². The van der Waals surface area contributed by atoms with Crippen molar-refractivity contribution in [1.29, 1.82) is 0 Å². The van der Waals surface area contributed by atoms with Gasteiger partial charge in [0.15, 0.2) is 5.82 Å². The third-order valence-corrected chi connectivity index (χ3v) is 11.7. The van der Waals surface area contributed by atoms with Crippen LogP contribution in [0.2, 0.25) is 0 Å². The van der Waals surface area contributed by atoms with E-state index in [4.69, 9.17) is 9.51 Å². The van der Waals surface area contributed by atoms with Crippen molar-refractivity contribution < 1.29 is 22.1 Å². The normalized spacial score (nSPS) is 30.6. The van der Waals surface area contributed by atoms with E-state index in [1.807, 2.05) is 35.2 Å². The molecule has 6 aliphatic rings. The molecule has 1 unspecified atom stereocenters. The third-order valence-electron chi connectivity index (χ3n) is 11.1.